The average Bonchev–Trinajstić information content (AvgIpc) is 3.19. The van der Waals surface area contributed by atoms with E-state index in [-0.39, 0.29) is 12.1 Å². The molecule has 0 bridgehead atoms. The summed E-state index contributed by atoms with van der Waals surface area (Å²) in [5, 5.41) is 10.1. The Labute approximate surface area is 142 Å². The highest BCUT2D eigenvalue weighted by Gasteiger charge is 2.19. The molecule has 0 unspecified atom stereocenters. The molecule has 128 valence electrons. The lowest BCUT2D eigenvalue weighted by molar-refractivity contribution is 0.249. The molecular weight excluding hydrogens is 304 g/mol. The van der Waals surface area contributed by atoms with E-state index >= 15 is 0 Å². The number of carbonyl (C=O) groups excluding carboxylic acids is 1. The third-order valence-electron chi connectivity index (χ3n) is 4.53. The van der Waals surface area contributed by atoms with Gasteiger partial charge in [0, 0.05) is 37.6 Å². The number of carbonyl (C=O) groups is 1. The predicted octanol–water partition coefficient (Wildman–Crippen LogP) is 2.61. The summed E-state index contributed by atoms with van der Waals surface area (Å²) in [6.45, 7) is 5.91. The summed E-state index contributed by atoms with van der Waals surface area (Å²) in [5.41, 5.74) is 2.80. The number of nitrogens with zero attached hydrogens (tertiary/aromatic N) is 4. The zero-order valence-corrected chi connectivity index (χ0v) is 14.4. The minimum atomic E-state index is -0.237. The zero-order chi connectivity index (χ0) is 17.1. The second-order valence-electron chi connectivity index (χ2n) is 6.20. The van der Waals surface area contributed by atoms with Gasteiger partial charge in [0.2, 0.25) is 0 Å². The predicted molar refractivity (Wildman–Crippen MR) is 94.2 cm³/mol. The molecule has 0 radical (unpaired) electrons. The summed E-state index contributed by atoms with van der Waals surface area (Å²) in [6, 6.07) is 3.37. The average molecular weight is 328 g/mol. The molecular formula is C17H24N6O. The van der Waals surface area contributed by atoms with Crippen LogP contribution < -0.4 is 15.5 Å². The number of urea groups is 1. The molecule has 7 nitrogen and oxygen atoms in total. The molecule has 0 aromatic carbocycles. The second kappa shape index (κ2) is 6.90. The lowest BCUT2D eigenvalue weighted by Gasteiger charge is -2.21. The largest absolute Gasteiger partial charge is 0.355 e. The summed E-state index contributed by atoms with van der Waals surface area (Å²) in [5.74, 6) is 0.843. The van der Waals surface area contributed by atoms with Crippen LogP contribution in [0.4, 0.5) is 16.3 Å². The highest BCUT2D eigenvalue weighted by Crippen LogP contribution is 2.26. The molecule has 1 aliphatic heterocycles. The topological polar surface area (TPSA) is 75.1 Å². The van der Waals surface area contributed by atoms with Gasteiger partial charge in [-0.15, -0.1) is 0 Å². The Morgan fingerprint density at radius 1 is 1.33 bits per heavy atom. The van der Waals surface area contributed by atoms with Gasteiger partial charge in [-0.2, -0.15) is 5.10 Å². The Kier molecular flexibility index (Phi) is 4.69. The molecule has 24 heavy (non-hydrogen) atoms. The van der Waals surface area contributed by atoms with Crippen LogP contribution in [0.1, 0.15) is 37.1 Å². The highest BCUT2D eigenvalue weighted by molar-refractivity contribution is 5.92. The maximum absolute atomic E-state index is 12.4. The van der Waals surface area contributed by atoms with Crippen LogP contribution in [-0.2, 0) is 7.05 Å². The van der Waals surface area contributed by atoms with E-state index in [2.05, 4.69) is 25.6 Å². The number of rotatable bonds is 4. The third kappa shape index (κ3) is 3.34. The van der Waals surface area contributed by atoms with Crippen LogP contribution in [0, 0.1) is 6.92 Å². The van der Waals surface area contributed by atoms with Gasteiger partial charge in [-0.3, -0.25) is 4.68 Å². The minimum absolute atomic E-state index is 0.120. The van der Waals surface area contributed by atoms with Gasteiger partial charge in [-0.1, -0.05) is 0 Å². The normalized spacial score (nSPS) is 15.4. The molecule has 0 spiro atoms. The van der Waals surface area contributed by atoms with E-state index in [1.807, 2.05) is 33.0 Å². The SMILES string of the molecule is Cc1c([C@H](C)NC(=O)Nc2cccnc2N2CCCC2)cnn1C. The zero-order valence-electron chi connectivity index (χ0n) is 14.4. The van der Waals surface area contributed by atoms with Gasteiger partial charge in [0.1, 0.15) is 0 Å². The van der Waals surface area contributed by atoms with Crippen molar-refractivity contribution >= 4 is 17.5 Å². The summed E-state index contributed by atoms with van der Waals surface area (Å²) in [4.78, 5) is 19.0. The fourth-order valence-electron chi connectivity index (χ4n) is 3.05. The van der Waals surface area contributed by atoms with Crippen molar-refractivity contribution in [2.24, 2.45) is 7.05 Å². The number of anilines is 2. The number of amides is 2. The van der Waals surface area contributed by atoms with Crippen molar-refractivity contribution in [1.82, 2.24) is 20.1 Å². The first-order chi connectivity index (χ1) is 11.6. The maximum atomic E-state index is 12.4. The fourth-order valence-corrected chi connectivity index (χ4v) is 3.05. The van der Waals surface area contributed by atoms with Crippen LogP contribution in [0.15, 0.2) is 24.5 Å². The van der Waals surface area contributed by atoms with E-state index in [9.17, 15) is 4.79 Å². The number of hydrogen-bond donors (Lipinski definition) is 2. The van der Waals surface area contributed by atoms with Gasteiger partial charge in [0.05, 0.1) is 17.9 Å². The fraction of sp³-hybridized carbons (Fsp3) is 0.471. The maximum Gasteiger partial charge on any atom is 0.319 e. The first kappa shape index (κ1) is 16.3. The molecule has 2 N–H and O–H groups in total. The van der Waals surface area contributed by atoms with Crippen LogP contribution in [0.2, 0.25) is 0 Å². The van der Waals surface area contributed by atoms with E-state index in [4.69, 9.17) is 0 Å². The quantitative estimate of drug-likeness (QED) is 0.904. The summed E-state index contributed by atoms with van der Waals surface area (Å²) >= 11 is 0. The number of nitrogens with one attached hydrogen (secondary N) is 2. The molecule has 7 heteroatoms. The van der Waals surface area contributed by atoms with Crippen LogP contribution in [0.25, 0.3) is 0 Å². The molecule has 3 rings (SSSR count). The van der Waals surface area contributed by atoms with Crippen LogP contribution in [-0.4, -0.2) is 33.9 Å². The van der Waals surface area contributed by atoms with E-state index in [0.717, 1.165) is 35.9 Å². The number of aryl methyl sites for hydroxylation is 1. The first-order valence-electron chi connectivity index (χ1n) is 8.32. The van der Waals surface area contributed by atoms with Crippen molar-refractivity contribution in [2.45, 2.75) is 32.7 Å². The lowest BCUT2D eigenvalue weighted by Crippen LogP contribution is -2.32. The summed E-state index contributed by atoms with van der Waals surface area (Å²) in [6.07, 6.45) is 5.89. The molecule has 1 atom stereocenters. The molecule has 2 amide bonds. The molecule has 0 saturated carbocycles. The molecule has 2 aromatic rings. The Balaban J connectivity index is 1.68. The van der Waals surface area contributed by atoms with E-state index in [0.29, 0.717) is 0 Å². The molecule has 3 heterocycles. The Morgan fingerprint density at radius 3 is 2.75 bits per heavy atom. The molecule has 0 aliphatic carbocycles. The van der Waals surface area contributed by atoms with Crippen LogP contribution in [0.3, 0.4) is 0 Å². The molecule has 1 saturated heterocycles. The second-order valence-corrected chi connectivity index (χ2v) is 6.20. The van der Waals surface area contributed by atoms with Crippen molar-refractivity contribution in [3.8, 4) is 0 Å². The monoisotopic (exact) mass is 328 g/mol. The highest BCUT2D eigenvalue weighted by atomic mass is 16.2. The Morgan fingerprint density at radius 2 is 2.08 bits per heavy atom. The molecule has 1 aliphatic rings. The van der Waals surface area contributed by atoms with E-state index in [1.54, 1.807) is 17.1 Å². The van der Waals surface area contributed by atoms with Gasteiger partial charge in [-0.25, -0.2) is 9.78 Å². The Hall–Kier alpha value is -2.57. The van der Waals surface area contributed by atoms with Gasteiger partial charge in [-0.05, 0) is 38.8 Å². The molecule has 2 aromatic heterocycles. The van der Waals surface area contributed by atoms with E-state index < -0.39 is 0 Å². The minimum Gasteiger partial charge on any atom is -0.355 e. The van der Waals surface area contributed by atoms with Gasteiger partial charge >= 0.3 is 6.03 Å². The number of pyridine rings is 1. The summed E-state index contributed by atoms with van der Waals surface area (Å²) in [7, 11) is 1.89. The smallest absolute Gasteiger partial charge is 0.319 e. The van der Waals surface area contributed by atoms with Gasteiger partial charge < -0.3 is 15.5 Å². The number of hydrogen-bond acceptors (Lipinski definition) is 4. The van der Waals surface area contributed by atoms with Crippen LogP contribution in [0.5, 0.6) is 0 Å². The van der Waals surface area contributed by atoms with Crippen LogP contribution >= 0.6 is 0 Å². The van der Waals surface area contributed by atoms with Gasteiger partial charge in [0.25, 0.3) is 0 Å². The molecule has 1 fully saturated rings. The third-order valence-corrected chi connectivity index (χ3v) is 4.53. The Bertz CT molecular complexity index is 720. The number of aromatic nitrogens is 3. The van der Waals surface area contributed by atoms with Crippen molar-refractivity contribution in [3.63, 3.8) is 0 Å². The first-order valence-corrected chi connectivity index (χ1v) is 8.32. The van der Waals surface area contributed by atoms with E-state index in [1.165, 1.54) is 12.8 Å². The van der Waals surface area contributed by atoms with Crippen molar-refractivity contribution < 1.29 is 4.79 Å². The lowest BCUT2D eigenvalue weighted by atomic mass is 10.1. The van der Waals surface area contributed by atoms with Gasteiger partial charge in [0.15, 0.2) is 5.82 Å². The standard InChI is InChI=1S/C17H24N6O/c1-12(14-11-19-22(3)13(14)2)20-17(24)21-15-7-6-8-18-16(15)23-9-4-5-10-23/h6-8,11-12H,4-5,9-10H2,1-3H3,(H2,20,21,24)/t12-/m0/s1. The van der Waals surface area contributed by atoms with Crippen molar-refractivity contribution in [1.29, 1.82) is 0 Å². The summed E-state index contributed by atoms with van der Waals surface area (Å²) < 4.78 is 1.80. The van der Waals surface area contributed by atoms with Crippen molar-refractivity contribution in [3.05, 3.63) is 35.8 Å². The van der Waals surface area contributed by atoms with Crippen molar-refractivity contribution in [2.75, 3.05) is 23.3 Å².